The summed E-state index contributed by atoms with van der Waals surface area (Å²) < 4.78 is 8.03. The highest BCUT2D eigenvalue weighted by molar-refractivity contribution is 5.75. The van der Waals surface area contributed by atoms with Crippen LogP contribution in [0, 0.1) is 0 Å². The van der Waals surface area contributed by atoms with E-state index in [-0.39, 0.29) is 0 Å². The first kappa shape index (κ1) is 16.4. The van der Waals surface area contributed by atoms with Crippen molar-refractivity contribution in [1.29, 1.82) is 0 Å². The summed E-state index contributed by atoms with van der Waals surface area (Å²) in [5.74, 6) is 1.16. The summed E-state index contributed by atoms with van der Waals surface area (Å²) in [6.45, 7) is 10.0. The highest BCUT2D eigenvalue weighted by atomic mass is 16.5. The molecular formula is C18H28N4O. The Morgan fingerprint density at radius 3 is 2.65 bits per heavy atom. The van der Waals surface area contributed by atoms with Gasteiger partial charge in [0.1, 0.15) is 5.82 Å². The van der Waals surface area contributed by atoms with Gasteiger partial charge in [-0.1, -0.05) is 19.1 Å². The first-order valence-electron chi connectivity index (χ1n) is 8.70. The van der Waals surface area contributed by atoms with E-state index in [1.54, 1.807) is 0 Å². The average molecular weight is 316 g/mol. The largest absolute Gasteiger partial charge is 0.380 e. The van der Waals surface area contributed by atoms with Crippen molar-refractivity contribution in [2.24, 2.45) is 0 Å². The molecule has 0 N–H and O–H groups in total. The minimum atomic E-state index is 0.754. The monoisotopic (exact) mass is 316 g/mol. The molecule has 126 valence electrons. The third-order valence-corrected chi connectivity index (χ3v) is 4.50. The number of aromatic nitrogens is 2. The van der Waals surface area contributed by atoms with Crippen LogP contribution in [0.4, 0.5) is 0 Å². The van der Waals surface area contributed by atoms with Gasteiger partial charge in [-0.25, -0.2) is 4.98 Å². The second-order valence-electron chi connectivity index (χ2n) is 6.36. The molecule has 1 aromatic heterocycles. The summed E-state index contributed by atoms with van der Waals surface area (Å²) >= 11 is 0. The van der Waals surface area contributed by atoms with Crippen LogP contribution >= 0.6 is 0 Å². The van der Waals surface area contributed by atoms with E-state index in [1.807, 2.05) is 0 Å². The minimum absolute atomic E-state index is 0.754. The van der Waals surface area contributed by atoms with Gasteiger partial charge in [0, 0.05) is 39.3 Å². The van der Waals surface area contributed by atoms with Crippen LogP contribution in [0.15, 0.2) is 24.3 Å². The highest BCUT2D eigenvalue weighted by Gasteiger charge is 2.17. The average Bonchev–Trinajstić information content (AvgIpc) is 2.91. The standard InChI is InChI=1S/C18H28N4O/c1-3-13-23-14-12-22-17-7-5-4-6-16(17)19-18(22)15-21-10-8-20(2)9-11-21/h4-7H,3,8-15H2,1-2H3. The maximum absolute atomic E-state index is 5.70. The van der Waals surface area contributed by atoms with Crippen molar-refractivity contribution in [2.45, 2.75) is 26.4 Å². The molecule has 0 spiro atoms. The Hall–Kier alpha value is -1.43. The second-order valence-corrected chi connectivity index (χ2v) is 6.36. The van der Waals surface area contributed by atoms with Gasteiger partial charge in [-0.3, -0.25) is 4.90 Å². The second kappa shape index (κ2) is 7.90. The lowest BCUT2D eigenvalue weighted by atomic mass is 10.3. The summed E-state index contributed by atoms with van der Waals surface area (Å²) in [5.41, 5.74) is 2.31. The zero-order valence-corrected chi connectivity index (χ0v) is 14.4. The SMILES string of the molecule is CCCOCCn1c(CN2CCN(C)CC2)nc2ccccc21. The van der Waals surface area contributed by atoms with E-state index < -0.39 is 0 Å². The molecule has 0 amide bonds. The van der Waals surface area contributed by atoms with Crippen LogP contribution in [0.3, 0.4) is 0 Å². The molecule has 0 bridgehead atoms. The highest BCUT2D eigenvalue weighted by Crippen LogP contribution is 2.18. The van der Waals surface area contributed by atoms with Crippen LogP contribution in [-0.4, -0.2) is 65.8 Å². The molecule has 0 unspecified atom stereocenters. The predicted molar refractivity (Wildman–Crippen MR) is 93.6 cm³/mol. The Balaban J connectivity index is 1.74. The summed E-state index contributed by atoms with van der Waals surface area (Å²) in [4.78, 5) is 9.77. The third kappa shape index (κ3) is 4.10. The molecule has 1 aromatic carbocycles. The van der Waals surface area contributed by atoms with E-state index in [0.717, 1.165) is 70.2 Å². The molecule has 1 saturated heterocycles. The fraction of sp³-hybridized carbons (Fsp3) is 0.611. The smallest absolute Gasteiger partial charge is 0.124 e. The molecular weight excluding hydrogens is 288 g/mol. The van der Waals surface area contributed by atoms with E-state index in [9.17, 15) is 0 Å². The lowest BCUT2D eigenvalue weighted by molar-refractivity contribution is 0.123. The topological polar surface area (TPSA) is 33.5 Å². The van der Waals surface area contributed by atoms with Crippen LogP contribution in [0.2, 0.25) is 0 Å². The number of piperazine rings is 1. The summed E-state index contributed by atoms with van der Waals surface area (Å²) in [7, 11) is 2.19. The fourth-order valence-electron chi connectivity index (χ4n) is 3.10. The van der Waals surface area contributed by atoms with E-state index in [1.165, 1.54) is 5.52 Å². The molecule has 2 aromatic rings. The van der Waals surface area contributed by atoms with Crippen molar-refractivity contribution in [1.82, 2.24) is 19.4 Å². The zero-order valence-electron chi connectivity index (χ0n) is 14.4. The fourth-order valence-corrected chi connectivity index (χ4v) is 3.10. The molecule has 1 aliphatic heterocycles. The Kier molecular flexibility index (Phi) is 5.65. The molecule has 1 aliphatic rings. The van der Waals surface area contributed by atoms with Gasteiger partial charge < -0.3 is 14.2 Å². The molecule has 0 atom stereocenters. The van der Waals surface area contributed by atoms with Gasteiger partial charge in [-0.2, -0.15) is 0 Å². The molecule has 0 aliphatic carbocycles. The number of benzene rings is 1. The number of fused-ring (bicyclic) bond motifs is 1. The normalized spacial score (nSPS) is 17.1. The number of nitrogens with zero attached hydrogens (tertiary/aromatic N) is 4. The lowest BCUT2D eigenvalue weighted by Gasteiger charge is -2.32. The van der Waals surface area contributed by atoms with Gasteiger partial charge in [-0.05, 0) is 25.6 Å². The number of imidazole rings is 1. The molecule has 23 heavy (non-hydrogen) atoms. The molecule has 3 rings (SSSR count). The number of ether oxygens (including phenoxy) is 1. The molecule has 0 radical (unpaired) electrons. The summed E-state index contributed by atoms with van der Waals surface area (Å²) in [5, 5.41) is 0. The Labute approximate surface area is 138 Å². The quantitative estimate of drug-likeness (QED) is 0.734. The first-order chi connectivity index (χ1) is 11.3. The lowest BCUT2D eigenvalue weighted by Crippen LogP contribution is -2.44. The minimum Gasteiger partial charge on any atom is -0.380 e. The van der Waals surface area contributed by atoms with E-state index in [4.69, 9.17) is 9.72 Å². The summed E-state index contributed by atoms with van der Waals surface area (Å²) in [6.07, 6.45) is 1.07. The molecule has 5 nitrogen and oxygen atoms in total. The maximum Gasteiger partial charge on any atom is 0.124 e. The van der Waals surface area contributed by atoms with E-state index in [0.29, 0.717) is 0 Å². The van der Waals surface area contributed by atoms with Crippen LogP contribution in [0.1, 0.15) is 19.2 Å². The van der Waals surface area contributed by atoms with Crippen LogP contribution < -0.4 is 0 Å². The van der Waals surface area contributed by atoms with Crippen molar-refractivity contribution in [2.75, 3.05) is 46.4 Å². The molecule has 2 heterocycles. The van der Waals surface area contributed by atoms with Crippen molar-refractivity contribution in [3.8, 4) is 0 Å². The number of hydrogen-bond acceptors (Lipinski definition) is 4. The zero-order chi connectivity index (χ0) is 16.1. The Morgan fingerprint density at radius 1 is 1.09 bits per heavy atom. The van der Waals surface area contributed by atoms with Gasteiger partial charge in [0.05, 0.1) is 24.2 Å². The number of likely N-dealkylation sites (N-methyl/N-ethyl adjacent to an activating group) is 1. The first-order valence-corrected chi connectivity index (χ1v) is 8.70. The number of hydrogen-bond donors (Lipinski definition) is 0. The van der Waals surface area contributed by atoms with Crippen LogP contribution in [0.5, 0.6) is 0 Å². The van der Waals surface area contributed by atoms with Gasteiger partial charge in [0.15, 0.2) is 0 Å². The molecule has 5 heteroatoms. The van der Waals surface area contributed by atoms with Gasteiger partial charge in [0.2, 0.25) is 0 Å². The number of rotatable bonds is 7. The maximum atomic E-state index is 5.70. The van der Waals surface area contributed by atoms with Crippen molar-refractivity contribution in [3.63, 3.8) is 0 Å². The van der Waals surface area contributed by atoms with Crippen molar-refractivity contribution < 1.29 is 4.74 Å². The Bertz CT molecular complexity index is 617. The molecule has 0 saturated carbocycles. The molecule has 1 fully saturated rings. The van der Waals surface area contributed by atoms with E-state index in [2.05, 4.69) is 52.6 Å². The Morgan fingerprint density at radius 2 is 1.87 bits per heavy atom. The van der Waals surface area contributed by atoms with Crippen molar-refractivity contribution in [3.05, 3.63) is 30.1 Å². The summed E-state index contributed by atoms with van der Waals surface area (Å²) in [6, 6.07) is 8.42. The van der Waals surface area contributed by atoms with Crippen LogP contribution in [0.25, 0.3) is 11.0 Å². The van der Waals surface area contributed by atoms with Gasteiger partial charge in [-0.15, -0.1) is 0 Å². The van der Waals surface area contributed by atoms with Crippen LogP contribution in [-0.2, 0) is 17.8 Å². The van der Waals surface area contributed by atoms with Crippen molar-refractivity contribution >= 4 is 11.0 Å². The number of para-hydroxylation sites is 2. The van der Waals surface area contributed by atoms with Gasteiger partial charge >= 0.3 is 0 Å². The van der Waals surface area contributed by atoms with E-state index >= 15 is 0 Å². The third-order valence-electron chi connectivity index (χ3n) is 4.50. The predicted octanol–water partition coefficient (Wildman–Crippen LogP) is 2.21. The van der Waals surface area contributed by atoms with Gasteiger partial charge in [0.25, 0.3) is 0 Å².